The SMILES string of the molecule is O=C=NNS(=O)(=O)NN=C=O. The molecule has 0 aromatic rings. The van der Waals surface area contributed by atoms with Crippen LogP contribution >= 0.6 is 0 Å². The average Bonchev–Trinajstić information content (AvgIpc) is 1.97. The molecule has 0 aliphatic carbocycles. The molecule has 9 heteroatoms. The molecule has 0 bridgehead atoms. The van der Waals surface area contributed by atoms with Crippen molar-refractivity contribution in [2.24, 2.45) is 10.2 Å². The molecule has 0 saturated heterocycles. The Kier molecular flexibility index (Phi) is 3.54. The third kappa shape index (κ3) is 4.79. The molecular weight excluding hydrogens is 176 g/mol. The predicted molar refractivity (Wildman–Crippen MR) is 31.4 cm³/mol. The second-order valence-electron chi connectivity index (χ2n) is 1.09. The molecule has 0 rings (SSSR count). The monoisotopic (exact) mass is 178 g/mol. The van der Waals surface area contributed by atoms with E-state index in [0.717, 1.165) is 12.2 Å². The van der Waals surface area contributed by atoms with E-state index >= 15 is 0 Å². The maximum atomic E-state index is 10.4. The van der Waals surface area contributed by atoms with E-state index in [-0.39, 0.29) is 0 Å². The number of hydrogen-bond acceptors (Lipinski definition) is 6. The number of carbonyl (C=O) groups excluding carboxylic acids is 2. The first-order chi connectivity index (χ1) is 5.12. The van der Waals surface area contributed by atoms with Crippen molar-refractivity contribution < 1.29 is 18.0 Å². The number of isocyanates is 2. The Hall–Kier alpha value is -1.69. The summed E-state index contributed by atoms with van der Waals surface area (Å²) in [5, 5.41) is 5.00. The van der Waals surface area contributed by atoms with Crippen molar-refractivity contribution >= 4 is 22.4 Å². The van der Waals surface area contributed by atoms with Crippen LogP contribution in [0.5, 0.6) is 0 Å². The fraction of sp³-hybridized carbons (Fsp3) is 0. The lowest BCUT2D eigenvalue weighted by Crippen LogP contribution is -2.29. The van der Waals surface area contributed by atoms with Gasteiger partial charge in [0, 0.05) is 0 Å². The number of nitrogens with one attached hydrogen (secondary N) is 2. The Balaban J connectivity index is 4.23. The van der Waals surface area contributed by atoms with E-state index in [9.17, 15) is 18.0 Å². The van der Waals surface area contributed by atoms with Crippen LogP contribution in [0.1, 0.15) is 0 Å². The van der Waals surface area contributed by atoms with Crippen LogP contribution < -0.4 is 9.66 Å². The second kappa shape index (κ2) is 4.18. The predicted octanol–water partition coefficient (Wildman–Crippen LogP) is -2.09. The van der Waals surface area contributed by atoms with Gasteiger partial charge in [-0.05, 0) is 0 Å². The van der Waals surface area contributed by atoms with Crippen molar-refractivity contribution in [2.45, 2.75) is 0 Å². The van der Waals surface area contributed by atoms with Crippen molar-refractivity contribution in [3.05, 3.63) is 0 Å². The normalized spacial score (nSPS) is 8.73. The fourth-order valence-electron chi connectivity index (χ4n) is 0.178. The average molecular weight is 178 g/mol. The van der Waals surface area contributed by atoms with Crippen LogP contribution in [0.2, 0.25) is 0 Å². The van der Waals surface area contributed by atoms with Gasteiger partial charge < -0.3 is 0 Å². The highest BCUT2D eigenvalue weighted by Gasteiger charge is 2.03. The molecule has 0 aromatic heterocycles. The minimum atomic E-state index is -4.06. The summed E-state index contributed by atoms with van der Waals surface area (Å²) in [5.74, 6) is 0. The number of nitrogens with zero attached hydrogens (tertiary/aromatic N) is 2. The van der Waals surface area contributed by atoms with Gasteiger partial charge >= 0.3 is 10.2 Å². The minimum absolute atomic E-state index is 0.905. The van der Waals surface area contributed by atoms with Crippen LogP contribution in [0.25, 0.3) is 0 Å². The third-order valence-corrected chi connectivity index (χ3v) is 1.09. The Morgan fingerprint density at radius 2 is 1.36 bits per heavy atom. The Labute approximate surface area is 61.2 Å². The number of hydrogen-bond donors (Lipinski definition) is 2. The van der Waals surface area contributed by atoms with Crippen LogP contribution in [0.15, 0.2) is 10.2 Å². The van der Waals surface area contributed by atoms with Crippen LogP contribution in [-0.4, -0.2) is 20.6 Å². The number of rotatable bonds is 4. The first-order valence-electron chi connectivity index (χ1n) is 2.04. The van der Waals surface area contributed by atoms with Gasteiger partial charge in [-0.2, -0.15) is 18.1 Å². The maximum absolute atomic E-state index is 10.4. The molecule has 0 atom stereocenters. The zero-order valence-corrected chi connectivity index (χ0v) is 5.75. The summed E-state index contributed by atoms with van der Waals surface area (Å²) in [6, 6.07) is 0. The number of hydrazone groups is 2. The van der Waals surface area contributed by atoms with Gasteiger partial charge in [0.25, 0.3) is 12.2 Å². The lowest BCUT2D eigenvalue weighted by atomic mass is 11.6. The Morgan fingerprint density at radius 3 is 1.64 bits per heavy atom. The molecule has 0 radical (unpaired) electrons. The van der Waals surface area contributed by atoms with E-state index < -0.39 is 10.2 Å². The molecule has 11 heavy (non-hydrogen) atoms. The molecule has 0 heterocycles. The van der Waals surface area contributed by atoms with Crippen molar-refractivity contribution in [2.75, 3.05) is 0 Å². The highest BCUT2D eigenvalue weighted by molar-refractivity contribution is 7.87. The van der Waals surface area contributed by atoms with Crippen LogP contribution in [0.4, 0.5) is 0 Å². The molecule has 0 unspecified atom stereocenters. The standard InChI is InChI=1S/C2H2N4O4S/c7-1-3-5-11(9,10)6-4-2-8/h5-6H. The minimum Gasteiger partial charge on any atom is -0.209 e. The summed E-state index contributed by atoms with van der Waals surface area (Å²) < 4.78 is 20.8. The van der Waals surface area contributed by atoms with Crippen molar-refractivity contribution in [1.29, 1.82) is 0 Å². The molecule has 0 fully saturated rings. The molecule has 0 saturated carbocycles. The Morgan fingerprint density at radius 1 is 1.00 bits per heavy atom. The summed E-state index contributed by atoms with van der Waals surface area (Å²) in [6.07, 6.45) is 1.81. The van der Waals surface area contributed by atoms with Crippen molar-refractivity contribution in [3.63, 3.8) is 0 Å². The van der Waals surface area contributed by atoms with Gasteiger partial charge in [0.15, 0.2) is 0 Å². The zero-order valence-electron chi connectivity index (χ0n) is 4.94. The van der Waals surface area contributed by atoms with Crippen LogP contribution in [0, 0.1) is 0 Å². The van der Waals surface area contributed by atoms with Gasteiger partial charge in [-0.25, -0.2) is 9.59 Å². The first-order valence-corrected chi connectivity index (χ1v) is 3.53. The molecule has 0 aliphatic rings. The fourth-order valence-corrected chi connectivity index (χ4v) is 0.534. The largest absolute Gasteiger partial charge is 0.352 e. The highest BCUT2D eigenvalue weighted by Crippen LogP contribution is 1.72. The molecule has 0 amide bonds. The summed E-state index contributed by atoms with van der Waals surface area (Å²) in [4.78, 5) is 21.4. The smallest absolute Gasteiger partial charge is 0.209 e. The summed E-state index contributed by atoms with van der Waals surface area (Å²) in [5.41, 5.74) is 0. The van der Waals surface area contributed by atoms with Crippen molar-refractivity contribution in [1.82, 2.24) is 9.66 Å². The Bertz CT molecular complexity index is 281. The van der Waals surface area contributed by atoms with Gasteiger partial charge in [0.05, 0.1) is 0 Å². The van der Waals surface area contributed by atoms with Crippen LogP contribution in [-0.2, 0) is 19.8 Å². The van der Waals surface area contributed by atoms with E-state index in [1.165, 1.54) is 9.66 Å². The summed E-state index contributed by atoms with van der Waals surface area (Å²) >= 11 is 0. The molecule has 0 aromatic carbocycles. The maximum Gasteiger partial charge on any atom is 0.352 e. The van der Waals surface area contributed by atoms with Gasteiger partial charge in [-0.15, -0.1) is 0 Å². The molecule has 0 spiro atoms. The lowest BCUT2D eigenvalue weighted by molar-refractivity contribution is 0.549. The molecule has 0 aliphatic heterocycles. The van der Waals surface area contributed by atoms with Gasteiger partial charge in [-0.1, -0.05) is 10.2 Å². The molecule has 8 nitrogen and oxygen atoms in total. The first kappa shape index (κ1) is 9.31. The molecular formula is C2H2N4O4S. The molecule has 2 N–H and O–H groups in total. The van der Waals surface area contributed by atoms with E-state index in [1.807, 2.05) is 0 Å². The van der Waals surface area contributed by atoms with E-state index in [4.69, 9.17) is 0 Å². The van der Waals surface area contributed by atoms with Gasteiger partial charge in [0.2, 0.25) is 0 Å². The van der Waals surface area contributed by atoms with Crippen molar-refractivity contribution in [3.8, 4) is 0 Å². The van der Waals surface area contributed by atoms with E-state index in [0.29, 0.717) is 0 Å². The quantitative estimate of drug-likeness (QED) is 0.291. The summed E-state index contributed by atoms with van der Waals surface area (Å²) in [6.45, 7) is 0. The topological polar surface area (TPSA) is 117 Å². The van der Waals surface area contributed by atoms with Gasteiger partial charge in [0.1, 0.15) is 0 Å². The third-order valence-electron chi connectivity index (χ3n) is 0.423. The summed E-state index contributed by atoms with van der Waals surface area (Å²) in [7, 11) is -4.06. The highest BCUT2D eigenvalue weighted by atomic mass is 32.2. The lowest BCUT2D eigenvalue weighted by Gasteiger charge is -1.95. The van der Waals surface area contributed by atoms with Crippen LogP contribution in [0.3, 0.4) is 0 Å². The zero-order chi connectivity index (χ0) is 8.74. The van der Waals surface area contributed by atoms with Gasteiger partial charge in [-0.3, -0.25) is 0 Å². The molecule has 60 valence electrons. The van der Waals surface area contributed by atoms with E-state index in [1.54, 1.807) is 0 Å². The van der Waals surface area contributed by atoms with E-state index in [2.05, 4.69) is 10.2 Å². The second-order valence-corrected chi connectivity index (χ2v) is 2.46.